The van der Waals surface area contributed by atoms with Crippen LogP contribution in [0, 0.1) is 0 Å². The largest absolute Gasteiger partial charge is 0.325 e. The van der Waals surface area contributed by atoms with Crippen LogP contribution in [0.4, 0.5) is 0 Å². The van der Waals surface area contributed by atoms with Gasteiger partial charge >= 0.3 is 0 Å². The first-order valence-electron chi connectivity index (χ1n) is 6.05. The monoisotopic (exact) mass is 220 g/mol. The smallest absolute Gasteiger partial charge is 0.0312 e. The maximum Gasteiger partial charge on any atom is 0.0312 e. The normalized spacial score (nSPS) is 13.8. The number of rotatable bonds is 5. The van der Waals surface area contributed by atoms with E-state index in [0.717, 1.165) is 12.8 Å². The fourth-order valence-electron chi connectivity index (χ4n) is 1.90. The number of nitrogens with two attached hydrogens (primary N) is 2. The molecule has 0 heterocycles. The van der Waals surface area contributed by atoms with Gasteiger partial charge < -0.3 is 11.5 Å². The van der Waals surface area contributed by atoms with E-state index in [1.165, 1.54) is 17.5 Å². The zero-order valence-electron chi connectivity index (χ0n) is 10.7. The van der Waals surface area contributed by atoms with Crippen LogP contribution in [0.5, 0.6) is 0 Å². The van der Waals surface area contributed by atoms with Gasteiger partial charge in [0.15, 0.2) is 0 Å². The number of hydrogen-bond acceptors (Lipinski definition) is 2. The fraction of sp³-hybridized carbons (Fsp3) is 0.571. The summed E-state index contributed by atoms with van der Waals surface area (Å²) < 4.78 is 0. The molecule has 0 aliphatic heterocycles. The summed E-state index contributed by atoms with van der Waals surface area (Å²) in [6.07, 6.45) is 3.12. The van der Waals surface area contributed by atoms with Crippen LogP contribution in [0.2, 0.25) is 0 Å². The predicted molar refractivity (Wildman–Crippen MR) is 70.2 cm³/mol. The molecule has 4 N–H and O–H groups in total. The predicted octanol–water partition coefficient (Wildman–Crippen LogP) is 2.77. The molecule has 0 saturated heterocycles. The van der Waals surface area contributed by atoms with Gasteiger partial charge in [0.1, 0.15) is 0 Å². The second-order valence-corrected chi connectivity index (χ2v) is 5.29. The maximum atomic E-state index is 6.13. The van der Waals surface area contributed by atoms with Crippen LogP contribution in [0.25, 0.3) is 0 Å². The molecule has 90 valence electrons. The highest BCUT2D eigenvalue weighted by molar-refractivity contribution is 5.25. The second-order valence-electron chi connectivity index (χ2n) is 5.29. The fourth-order valence-corrected chi connectivity index (χ4v) is 1.90. The lowest BCUT2D eigenvalue weighted by Crippen LogP contribution is -2.35. The zero-order valence-corrected chi connectivity index (χ0v) is 10.7. The summed E-state index contributed by atoms with van der Waals surface area (Å²) in [5.74, 6) is 0. The van der Waals surface area contributed by atoms with Gasteiger partial charge in [0.2, 0.25) is 0 Å². The first kappa shape index (κ1) is 13.2. The van der Waals surface area contributed by atoms with Crippen molar-refractivity contribution in [3.05, 3.63) is 35.4 Å². The molecule has 1 aromatic carbocycles. The van der Waals surface area contributed by atoms with Crippen LogP contribution >= 0.6 is 0 Å². The molecule has 1 unspecified atom stereocenters. The summed E-state index contributed by atoms with van der Waals surface area (Å²) >= 11 is 0. The van der Waals surface area contributed by atoms with Crippen LogP contribution in [0.1, 0.15) is 50.8 Å². The third kappa shape index (κ3) is 4.33. The summed E-state index contributed by atoms with van der Waals surface area (Å²) in [7, 11) is 0. The lowest BCUT2D eigenvalue weighted by molar-refractivity contribution is 0.429. The van der Waals surface area contributed by atoms with E-state index in [-0.39, 0.29) is 11.6 Å². The molecular formula is C14H24N2. The average molecular weight is 220 g/mol. The Labute approximate surface area is 99.0 Å². The van der Waals surface area contributed by atoms with Gasteiger partial charge in [-0.3, -0.25) is 0 Å². The van der Waals surface area contributed by atoms with Crippen molar-refractivity contribution < 1.29 is 0 Å². The van der Waals surface area contributed by atoms with E-state index in [2.05, 4.69) is 31.2 Å². The molecule has 0 amide bonds. The molecule has 0 aliphatic carbocycles. The van der Waals surface area contributed by atoms with E-state index in [9.17, 15) is 0 Å². The minimum absolute atomic E-state index is 0.0377. The van der Waals surface area contributed by atoms with Crippen molar-refractivity contribution in [2.24, 2.45) is 11.5 Å². The SMILES string of the molecule is CCCc1ccc(C(N)CC(C)(C)N)cc1. The highest BCUT2D eigenvalue weighted by Gasteiger charge is 2.17. The summed E-state index contributed by atoms with van der Waals surface area (Å²) in [6.45, 7) is 6.22. The van der Waals surface area contributed by atoms with Gasteiger partial charge in [0.25, 0.3) is 0 Å². The van der Waals surface area contributed by atoms with Crippen LogP contribution in [-0.4, -0.2) is 5.54 Å². The molecule has 2 heteroatoms. The van der Waals surface area contributed by atoms with E-state index < -0.39 is 0 Å². The highest BCUT2D eigenvalue weighted by Crippen LogP contribution is 2.20. The van der Waals surface area contributed by atoms with E-state index in [4.69, 9.17) is 11.5 Å². The molecule has 0 saturated carbocycles. The molecule has 16 heavy (non-hydrogen) atoms. The second kappa shape index (κ2) is 5.46. The Balaban J connectivity index is 2.66. The van der Waals surface area contributed by atoms with Gasteiger partial charge in [-0.2, -0.15) is 0 Å². The van der Waals surface area contributed by atoms with Crippen molar-refractivity contribution in [3.8, 4) is 0 Å². The number of hydrogen-bond donors (Lipinski definition) is 2. The van der Waals surface area contributed by atoms with Crippen molar-refractivity contribution in [1.29, 1.82) is 0 Å². The minimum atomic E-state index is -0.207. The van der Waals surface area contributed by atoms with Crippen molar-refractivity contribution in [2.45, 2.75) is 51.6 Å². The maximum absolute atomic E-state index is 6.13. The van der Waals surface area contributed by atoms with Crippen molar-refractivity contribution in [1.82, 2.24) is 0 Å². The topological polar surface area (TPSA) is 52.0 Å². The molecular weight excluding hydrogens is 196 g/mol. The Kier molecular flexibility index (Phi) is 4.51. The average Bonchev–Trinajstić information content (AvgIpc) is 2.16. The molecule has 0 fully saturated rings. The third-order valence-electron chi connectivity index (χ3n) is 2.69. The molecule has 0 spiro atoms. The summed E-state index contributed by atoms with van der Waals surface area (Å²) in [4.78, 5) is 0. The van der Waals surface area contributed by atoms with Gasteiger partial charge in [-0.25, -0.2) is 0 Å². The molecule has 0 aromatic heterocycles. The first-order valence-corrected chi connectivity index (χ1v) is 6.05. The Hall–Kier alpha value is -0.860. The zero-order chi connectivity index (χ0) is 12.2. The summed E-state index contributed by atoms with van der Waals surface area (Å²) in [5.41, 5.74) is 14.4. The molecule has 1 atom stereocenters. The van der Waals surface area contributed by atoms with E-state index in [1.54, 1.807) is 0 Å². The van der Waals surface area contributed by atoms with Crippen molar-refractivity contribution in [2.75, 3.05) is 0 Å². The van der Waals surface area contributed by atoms with E-state index >= 15 is 0 Å². The third-order valence-corrected chi connectivity index (χ3v) is 2.69. The Morgan fingerprint density at radius 2 is 1.75 bits per heavy atom. The lowest BCUT2D eigenvalue weighted by atomic mass is 9.92. The Bertz CT molecular complexity index is 309. The molecule has 2 nitrogen and oxygen atoms in total. The van der Waals surface area contributed by atoms with Crippen LogP contribution in [0.3, 0.4) is 0 Å². The lowest BCUT2D eigenvalue weighted by Gasteiger charge is -2.23. The Morgan fingerprint density at radius 3 is 2.19 bits per heavy atom. The van der Waals surface area contributed by atoms with Gasteiger partial charge in [0, 0.05) is 11.6 Å². The molecule has 1 rings (SSSR count). The minimum Gasteiger partial charge on any atom is -0.325 e. The molecule has 1 aromatic rings. The van der Waals surface area contributed by atoms with Gasteiger partial charge in [-0.1, -0.05) is 37.6 Å². The first-order chi connectivity index (χ1) is 7.42. The molecule has 0 bridgehead atoms. The van der Waals surface area contributed by atoms with Crippen LogP contribution in [0.15, 0.2) is 24.3 Å². The highest BCUT2D eigenvalue weighted by atomic mass is 14.7. The van der Waals surface area contributed by atoms with E-state index in [1.807, 2.05) is 13.8 Å². The van der Waals surface area contributed by atoms with Gasteiger partial charge in [-0.05, 0) is 37.8 Å². The van der Waals surface area contributed by atoms with Gasteiger partial charge in [0.05, 0.1) is 0 Å². The molecule has 0 aliphatic rings. The van der Waals surface area contributed by atoms with Gasteiger partial charge in [-0.15, -0.1) is 0 Å². The number of benzene rings is 1. The van der Waals surface area contributed by atoms with Crippen LogP contribution < -0.4 is 11.5 Å². The van der Waals surface area contributed by atoms with Crippen molar-refractivity contribution >= 4 is 0 Å². The number of aryl methyl sites for hydroxylation is 1. The van der Waals surface area contributed by atoms with Crippen molar-refractivity contribution in [3.63, 3.8) is 0 Å². The summed E-state index contributed by atoms with van der Waals surface area (Å²) in [6, 6.07) is 8.63. The molecule has 0 radical (unpaired) electrons. The quantitative estimate of drug-likeness (QED) is 0.801. The van der Waals surface area contributed by atoms with Crippen LogP contribution in [-0.2, 0) is 6.42 Å². The summed E-state index contributed by atoms with van der Waals surface area (Å²) in [5, 5.41) is 0. The Morgan fingerprint density at radius 1 is 1.19 bits per heavy atom. The standard InChI is InChI=1S/C14H24N2/c1-4-5-11-6-8-12(9-7-11)13(15)10-14(2,3)16/h6-9,13H,4-5,10,15-16H2,1-3H3. The van der Waals surface area contributed by atoms with E-state index in [0.29, 0.717) is 0 Å².